The van der Waals surface area contributed by atoms with E-state index in [1.807, 2.05) is 12.1 Å². The fraction of sp³-hybridized carbons (Fsp3) is 0.241. The molecule has 2 atom stereocenters. The quantitative estimate of drug-likeness (QED) is 0.130. The van der Waals surface area contributed by atoms with Crippen molar-refractivity contribution < 1.29 is 32.0 Å². The SMILES string of the molecule is O=C(Nc1cc(Oc2ccc3c(c2)CCC3)cc([N+](=O)[O-])c1)c1nn2c(c1Cl)N[C@@H](c1ccc(F)cc1)C[C@@H]2C(F)(F)F. The van der Waals surface area contributed by atoms with Crippen LogP contribution in [-0.2, 0) is 12.8 Å². The number of carbonyl (C=O) groups is 1. The molecule has 1 aliphatic carbocycles. The van der Waals surface area contributed by atoms with E-state index < -0.39 is 47.0 Å². The summed E-state index contributed by atoms with van der Waals surface area (Å²) in [6.07, 6.45) is -2.35. The maximum absolute atomic E-state index is 14.1. The third kappa shape index (κ3) is 5.72. The minimum absolute atomic E-state index is 0.0538. The second kappa shape index (κ2) is 10.9. The molecule has 43 heavy (non-hydrogen) atoms. The van der Waals surface area contributed by atoms with Gasteiger partial charge in [0, 0.05) is 18.6 Å². The summed E-state index contributed by atoms with van der Waals surface area (Å²) in [4.78, 5) is 24.2. The molecule has 0 unspecified atom stereocenters. The molecule has 1 aliphatic heterocycles. The smallest absolute Gasteiger partial charge is 0.410 e. The number of non-ortho nitro benzene ring substituents is 1. The number of nitrogens with one attached hydrogen (secondary N) is 2. The highest BCUT2D eigenvalue weighted by Gasteiger charge is 2.48. The van der Waals surface area contributed by atoms with E-state index in [9.17, 15) is 32.5 Å². The van der Waals surface area contributed by atoms with Crippen LogP contribution < -0.4 is 15.4 Å². The second-order valence-corrected chi connectivity index (χ2v) is 10.7. The minimum Gasteiger partial charge on any atom is -0.457 e. The Morgan fingerprint density at radius 2 is 1.81 bits per heavy atom. The van der Waals surface area contributed by atoms with Gasteiger partial charge in [-0.3, -0.25) is 14.9 Å². The van der Waals surface area contributed by atoms with Gasteiger partial charge in [0.1, 0.15) is 28.2 Å². The average molecular weight is 616 g/mol. The molecule has 1 amide bonds. The summed E-state index contributed by atoms with van der Waals surface area (Å²) in [6, 6.07) is 11.1. The van der Waals surface area contributed by atoms with Crippen molar-refractivity contribution in [3.63, 3.8) is 0 Å². The van der Waals surface area contributed by atoms with Gasteiger partial charge in [0.15, 0.2) is 11.7 Å². The molecule has 0 bridgehead atoms. The van der Waals surface area contributed by atoms with Gasteiger partial charge < -0.3 is 15.4 Å². The third-order valence-corrected chi connectivity index (χ3v) is 7.81. The van der Waals surface area contributed by atoms with Gasteiger partial charge in [0.05, 0.1) is 22.7 Å². The lowest BCUT2D eigenvalue weighted by molar-refractivity contribution is -0.384. The number of amides is 1. The zero-order valence-electron chi connectivity index (χ0n) is 22.1. The van der Waals surface area contributed by atoms with Crippen LogP contribution in [0.5, 0.6) is 11.5 Å². The number of fused-ring (bicyclic) bond motifs is 2. The highest BCUT2D eigenvalue weighted by Crippen LogP contribution is 2.46. The number of nitro groups is 1. The Balaban J connectivity index is 1.29. The Bertz CT molecular complexity index is 1740. The number of benzene rings is 3. The lowest BCUT2D eigenvalue weighted by Crippen LogP contribution is -2.35. The van der Waals surface area contributed by atoms with E-state index in [-0.39, 0.29) is 28.0 Å². The molecule has 6 rings (SSSR count). The van der Waals surface area contributed by atoms with E-state index in [1.54, 1.807) is 6.07 Å². The zero-order chi connectivity index (χ0) is 30.5. The average Bonchev–Trinajstić information content (AvgIpc) is 3.56. The molecule has 1 aromatic heterocycles. The van der Waals surface area contributed by atoms with Crippen LogP contribution in [0.4, 0.5) is 34.8 Å². The molecule has 0 spiro atoms. The van der Waals surface area contributed by atoms with Gasteiger partial charge in [-0.15, -0.1) is 0 Å². The number of nitrogens with zero attached hydrogens (tertiary/aromatic N) is 3. The topological polar surface area (TPSA) is 111 Å². The number of hydrogen-bond acceptors (Lipinski definition) is 6. The molecule has 0 saturated heterocycles. The Labute approximate surface area is 246 Å². The number of nitro benzene ring substituents is 1. The molecule has 14 heteroatoms. The minimum atomic E-state index is -4.75. The van der Waals surface area contributed by atoms with Gasteiger partial charge in [-0.1, -0.05) is 29.8 Å². The van der Waals surface area contributed by atoms with Gasteiger partial charge in [-0.05, 0) is 60.2 Å². The summed E-state index contributed by atoms with van der Waals surface area (Å²) in [5, 5.41) is 20.4. The molecule has 222 valence electrons. The Morgan fingerprint density at radius 1 is 1.07 bits per heavy atom. The molecule has 3 aromatic carbocycles. The number of aromatic nitrogens is 2. The molecule has 0 radical (unpaired) electrons. The van der Waals surface area contributed by atoms with Crippen LogP contribution in [0.25, 0.3) is 0 Å². The van der Waals surface area contributed by atoms with Gasteiger partial charge in [0.2, 0.25) is 0 Å². The maximum Gasteiger partial charge on any atom is 0.410 e. The Hall–Kier alpha value is -4.65. The fourth-order valence-electron chi connectivity index (χ4n) is 5.41. The first-order chi connectivity index (χ1) is 20.5. The van der Waals surface area contributed by atoms with Gasteiger partial charge in [-0.2, -0.15) is 18.3 Å². The van der Waals surface area contributed by atoms with Crippen LogP contribution in [0.3, 0.4) is 0 Å². The fourth-order valence-corrected chi connectivity index (χ4v) is 5.67. The van der Waals surface area contributed by atoms with E-state index in [0.717, 1.165) is 43.0 Å². The van der Waals surface area contributed by atoms with Crippen molar-refractivity contribution >= 4 is 34.7 Å². The highest BCUT2D eigenvalue weighted by atomic mass is 35.5. The van der Waals surface area contributed by atoms with Crippen LogP contribution >= 0.6 is 11.6 Å². The standard InChI is InChI=1S/C29H22ClF4N5O4/c30-25-26(37-38-24(29(32,33)34)14-23(36-27(25)38)16-4-7-18(31)8-5-16)28(40)35-19-11-20(39(41)42)13-22(12-19)43-21-9-6-15-2-1-3-17(15)10-21/h4-13,23-24,36H,1-3,14H2,(H,35,40)/t23-,24-/m1/s1. The molecular formula is C29H22ClF4N5O4. The van der Waals surface area contributed by atoms with Crippen LogP contribution in [0.1, 0.15) is 52.1 Å². The monoisotopic (exact) mass is 615 g/mol. The van der Waals surface area contributed by atoms with Crippen LogP contribution in [0.2, 0.25) is 5.02 Å². The van der Waals surface area contributed by atoms with Gasteiger partial charge in [0.25, 0.3) is 11.6 Å². The summed E-state index contributed by atoms with van der Waals surface area (Å²) in [6.45, 7) is 0. The Morgan fingerprint density at radius 3 is 2.53 bits per heavy atom. The number of alkyl halides is 3. The van der Waals surface area contributed by atoms with E-state index in [0.29, 0.717) is 16.0 Å². The van der Waals surface area contributed by atoms with Crippen LogP contribution in [0.15, 0.2) is 60.7 Å². The Kier molecular flexibility index (Phi) is 7.20. The lowest BCUT2D eigenvalue weighted by atomic mass is 9.97. The van der Waals surface area contributed by atoms with Gasteiger partial charge in [-0.25, -0.2) is 9.07 Å². The number of aryl methyl sites for hydroxylation is 2. The number of hydrogen-bond donors (Lipinski definition) is 2. The van der Waals surface area contributed by atoms with Crippen molar-refractivity contribution in [3.8, 4) is 11.5 Å². The first-order valence-electron chi connectivity index (χ1n) is 13.2. The van der Waals surface area contributed by atoms with E-state index in [2.05, 4.69) is 15.7 Å². The van der Waals surface area contributed by atoms with E-state index in [1.165, 1.54) is 29.8 Å². The second-order valence-electron chi connectivity index (χ2n) is 10.3. The van der Waals surface area contributed by atoms with E-state index >= 15 is 0 Å². The summed E-state index contributed by atoms with van der Waals surface area (Å²) >= 11 is 6.40. The summed E-state index contributed by atoms with van der Waals surface area (Å²) in [7, 11) is 0. The number of anilines is 2. The molecular weight excluding hydrogens is 594 g/mol. The predicted molar refractivity (Wildman–Crippen MR) is 149 cm³/mol. The molecule has 0 fully saturated rings. The molecule has 2 N–H and O–H groups in total. The summed E-state index contributed by atoms with van der Waals surface area (Å²) in [5.74, 6) is -1.25. The summed E-state index contributed by atoms with van der Waals surface area (Å²) < 4.78 is 62.2. The lowest BCUT2D eigenvalue weighted by Gasteiger charge is -2.33. The highest BCUT2D eigenvalue weighted by molar-refractivity contribution is 6.36. The van der Waals surface area contributed by atoms with Crippen molar-refractivity contribution in [2.75, 3.05) is 10.6 Å². The van der Waals surface area contributed by atoms with Crippen molar-refractivity contribution in [2.45, 2.75) is 43.9 Å². The first-order valence-corrected chi connectivity index (χ1v) is 13.6. The molecule has 0 saturated carbocycles. The van der Waals surface area contributed by atoms with E-state index in [4.69, 9.17) is 16.3 Å². The third-order valence-electron chi connectivity index (χ3n) is 7.45. The van der Waals surface area contributed by atoms with Crippen LogP contribution in [0, 0.1) is 15.9 Å². The molecule has 4 aromatic rings. The molecule has 9 nitrogen and oxygen atoms in total. The van der Waals surface area contributed by atoms with Crippen molar-refractivity contribution in [1.29, 1.82) is 0 Å². The number of ether oxygens (including phenoxy) is 1. The summed E-state index contributed by atoms with van der Waals surface area (Å²) in [5.41, 5.74) is 1.77. The number of rotatable bonds is 6. The van der Waals surface area contributed by atoms with Gasteiger partial charge >= 0.3 is 6.18 Å². The number of carbonyl (C=O) groups excluding carboxylic acids is 1. The predicted octanol–water partition coefficient (Wildman–Crippen LogP) is 7.78. The number of halogens is 5. The largest absolute Gasteiger partial charge is 0.457 e. The zero-order valence-corrected chi connectivity index (χ0v) is 22.9. The van der Waals surface area contributed by atoms with Crippen molar-refractivity contribution in [2.24, 2.45) is 0 Å². The molecule has 2 heterocycles. The maximum atomic E-state index is 14.1. The first kappa shape index (κ1) is 28.5. The normalized spacial score (nSPS) is 17.5. The van der Waals surface area contributed by atoms with Crippen LogP contribution in [-0.4, -0.2) is 26.8 Å². The van der Waals surface area contributed by atoms with Crippen molar-refractivity contribution in [3.05, 3.63) is 104 Å². The molecule has 2 aliphatic rings. The van der Waals surface area contributed by atoms with Crippen molar-refractivity contribution in [1.82, 2.24) is 9.78 Å².